The molecule has 0 spiro atoms. The number of benzene rings is 1. The van der Waals surface area contributed by atoms with Crippen LogP contribution in [0.15, 0.2) is 24.3 Å². The second-order valence-corrected chi connectivity index (χ2v) is 8.64. The van der Waals surface area contributed by atoms with E-state index in [0.717, 1.165) is 25.0 Å². The van der Waals surface area contributed by atoms with Crippen LogP contribution in [0.3, 0.4) is 0 Å². The molecule has 1 aliphatic rings. The molecule has 122 valence electrons. The number of sulfonamides is 1. The fraction of sp³-hybridized carbons (Fsp3) is 0.533. The molecule has 0 aliphatic heterocycles. The van der Waals surface area contributed by atoms with Gasteiger partial charge in [0.15, 0.2) is 0 Å². The van der Waals surface area contributed by atoms with Crippen LogP contribution in [-0.4, -0.2) is 31.4 Å². The highest BCUT2D eigenvalue weighted by atomic mass is 32.2. The maximum atomic E-state index is 12.3. The highest BCUT2D eigenvalue weighted by Gasteiger charge is 2.28. The quantitative estimate of drug-likeness (QED) is 0.826. The van der Waals surface area contributed by atoms with Gasteiger partial charge in [-0.3, -0.25) is 4.79 Å². The molecule has 0 saturated heterocycles. The number of hydrogen-bond acceptors (Lipinski definition) is 4. The summed E-state index contributed by atoms with van der Waals surface area (Å²) < 4.78 is 22.1. The maximum Gasteiger partial charge on any atom is 0.251 e. The van der Waals surface area contributed by atoms with Crippen molar-refractivity contribution in [1.29, 1.82) is 0 Å². The van der Waals surface area contributed by atoms with Gasteiger partial charge in [-0.25, -0.2) is 13.6 Å². The number of thioether (sulfide) groups is 1. The Hall–Kier alpha value is -1.05. The Morgan fingerprint density at radius 3 is 2.59 bits per heavy atom. The predicted octanol–water partition coefficient (Wildman–Crippen LogP) is 1.88. The highest BCUT2D eigenvalue weighted by molar-refractivity contribution is 7.99. The Bertz CT molecular complexity index is 614. The molecule has 5 nitrogen and oxygen atoms in total. The van der Waals surface area contributed by atoms with Crippen molar-refractivity contribution in [3.63, 3.8) is 0 Å². The molecule has 1 aromatic rings. The first kappa shape index (κ1) is 17.3. The minimum Gasteiger partial charge on any atom is -0.348 e. The molecular formula is C15H22N2O3S2. The van der Waals surface area contributed by atoms with Crippen LogP contribution in [0.1, 0.15) is 42.1 Å². The predicted molar refractivity (Wildman–Crippen MR) is 90.3 cm³/mol. The van der Waals surface area contributed by atoms with E-state index in [-0.39, 0.29) is 17.7 Å². The fourth-order valence-corrected chi connectivity index (χ4v) is 4.60. The Morgan fingerprint density at radius 2 is 2.00 bits per heavy atom. The Morgan fingerprint density at radius 1 is 1.32 bits per heavy atom. The van der Waals surface area contributed by atoms with Crippen molar-refractivity contribution >= 4 is 27.7 Å². The van der Waals surface area contributed by atoms with E-state index in [4.69, 9.17) is 5.14 Å². The zero-order chi connectivity index (χ0) is 16.2. The average Bonchev–Trinajstić information content (AvgIpc) is 2.85. The van der Waals surface area contributed by atoms with Gasteiger partial charge in [0.05, 0.1) is 5.75 Å². The van der Waals surface area contributed by atoms with Crippen molar-refractivity contribution in [3.05, 3.63) is 35.4 Å². The topological polar surface area (TPSA) is 89.3 Å². The third-order valence-electron chi connectivity index (χ3n) is 3.73. The summed E-state index contributed by atoms with van der Waals surface area (Å²) in [6.07, 6.45) is 3.32. The Labute approximate surface area is 136 Å². The minimum absolute atomic E-state index is 0.101. The maximum absolute atomic E-state index is 12.3. The third-order valence-corrected chi connectivity index (χ3v) is 5.80. The fourth-order valence-electron chi connectivity index (χ4n) is 2.74. The van der Waals surface area contributed by atoms with Crippen LogP contribution in [0.25, 0.3) is 0 Å². The molecule has 0 bridgehead atoms. The summed E-state index contributed by atoms with van der Waals surface area (Å²) >= 11 is 1.90. The third kappa shape index (κ3) is 5.00. The normalized spacial score (nSPS) is 21.7. The summed E-state index contributed by atoms with van der Waals surface area (Å²) in [5, 5.41) is 8.60. The van der Waals surface area contributed by atoms with E-state index < -0.39 is 10.0 Å². The van der Waals surface area contributed by atoms with Crippen LogP contribution in [-0.2, 0) is 15.8 Å². The number of primary sulfonamides is 1. The van der Waals surface area contributed by atoms with Gasteiger partial charge in [0.2, 0.25) is 10.0 Å². The summed E-state index contributed by atoms with van der Waals surface area (Å²) in [6, 6.07) is 6.78. The van der Waals surface area contributed by atoms with Gasteiger partial charge in [-0.15, -0.1) is 0 Å². The smallest absolute Gasteiger partial charge is 0.251 e. The lowest BCUT2D eigenvalue weighted by Crippen LogP contribution is -2.38. The second-order valence-electron chi connectivity index (χ2n) is 5.51. The van der Waals surface area contributed by atoms with Crippen molar-refractivity contribution in [3.8, 4) is 0 Å². The van der Waals surface area contributed by atoms with Crippen molar-refractivity contribution in [2.75, 3.05) is 5.75 Å². The summed E-state index contributed by atoms with van der Waals surface area (Å²) in [4.78, 5) is 12.3. The molecule has 3 N–H and O–H groups in total. The van der Waals surface area contributed by atoms with Crippen LogP contribution in [0.4, 0.5) is 0 Å². The van der Waals surface area contributed by atoms with Gasteiger partial charge < -0.3 is 5.32 Å². The van der Waals surface area contributed by atoms with E-state index in [1.807, 2.05) is 11.8 Å². The SMILES string of the molecule is CCS[C@H]1CCC[C@@H]1NC(=O)c1ccc(CS(N)(=O)=O)cc1. The zero-order valence-electron chi connectivity index (χ0n) is 12.6. The first-order chi connectivity index (χ1) is 10.4. The molecule has 0 radical (unpaired) electrons. The van der Waals surface area contributed by atoms with Crippen LogP contribution >= 0.6 is 11.8 Å². The lowest BCUT2D eigenvalue weighted by Gasteiger charge is -2.20. The van der Waals surface area contributed by atoms with Gasteiger partial charge >= 0.3 is 0 Å². The molecule has 1 fully saturated rings. The summed E-state index contributed by atoms with van der Waals surface area (Å²) in [5.41, 5.74) is 1.13. The van der Waals surface area contributed by atoms with Gasteiger partial charge in [-0.05, 0) is 36.3 Å². The molecule has 0 aromatic heterocycles. The minimum atomic E-state index is -3.55. The van der Waals surface area contributed by atoms with Gasteiger partial charge in [0, 0.05) is 16.9 Å². The van der Waals surface area contributed by atoms with Crippen LogP contribution in [0, 0.1) is 0 Å². The summed E-state index contributed by atoms with van der Waals surface area (Å²) in [7, 11) is -3.55. The number of carbonyl (C=O) groups excluding carboxylic acids is 1. The molecule has 2 rings (SSSR count). The first-order valence-corrected chi connectivity index (χ1v) is 10.2. The number of hydrogen-bond donors (Lipinski definition) is 2. The number of nitrogens with two attached hydrogens (primary N) is 1. The van der Waals surface area contributed by atoms with E-state index in [9.17, 15) is 13.2 Å². The van der Waals surface area contributed by atoms with Crippen molar-refractivity contribution in [1.82, 2.24) is 5.32 Å². The molecule has 7 heteroatoms. The van der Waals surface area contributed by atoms with Crippen molar-refractivity contribution < 1.29 is 13.2 Å². The molecule has 2 atom stereocenters. The van der Waals surface area contributed by atoms with E-state index in [1.165, 1.54) is 0 Å². The molecule has 0 unspecified atom stereocenters. The molecular weight excluding hydrogens is 320 g/mol. The number of carbonyl (C=O) groups is 1. The van der Waals surface area contributed by atoms with Crippen LogP contribution < -0.4 is 10.5 Å². The zero-order valence-corrected chi connectivity index (χ0v) is 14.3. The summed E-state index contributed by atoms with van der Waals surface area (Å²) in [5.74, 6) is 0.738. The van der Waals surface area contributed by atoms with Crippen LogP contribution in [0.5, 0.6) is 0 Å². The highest BCUT2D eigenvalue weighted by Crippen LogP contribution is 2.30. The largest absolute Gasteiger partial charge is 0.348 e. The molecule has 22 heavy (non-hydrogen) atoms. The van der Waals surface area contributed by atoms with Gasteiger partial charge in [-0.1, -0.05) is 25.5 Å². The standard InChI is InChI=1S/C15H22N2O3S2/c1-2-21-14-5-3-4-13(14)17-15(18)12-8-6-11(7-9-12)10-22(16,19)20/h6-9,13-14H,2-5,10H2,1H3,(H,17,18)(H2,16,19,20)/t13-,14-/m0/s1. The molecule has 0 heterocycles. The molecule has 1 saturated carbocycles. The molecule has 1 aliphatic carbocycles. The molecule has 1 amide bonds. The average molecular weight is 342 g/mol. The van der Waals surface area contributed by atoms with E-state index in [0.29, 0.717) is 16.4 Å². The van der Waals surface area contributed by atoms with Gasteiger partial charge in [-0.2, -0.15) is 11.8 Å². The number of amides is 1. The first-order valence-electron chi connectivity index (χ1n) is 7.41. The van der Waals surface area contributed by atoms with Crippen molar-refractivity contribution in [2.24, 2.45) is 5.14 Å². The van der Waals surface area contributed by atoms with E-state index in [1.54, 1.807) is 24.3 Å². The number of nitrogens with one attached hydrogen (secondary N) is 1. The monoisotopic (exact) mass is 342 g/mol. The van der Waals surface area contributed by atoms with Crippen LogP contribution in [0.2, 0.25) is 0 Å². The van der Waals surface area contributed by atoms with E-state index >= 15 is 0 Å². The lowest BCUT2D eigenvalue weighted by atomic mass is 10.1. The van der Waals surface area contributed by atoms with Gasteiger partial charge in [0.1, 0.15) is 0 Å². The Kier molecular flexibility index (Phi) is 5.88. The van der Waals surface area contributed by atoms with Crippen molar-refractivity contribution in [2.45, 2.75) is 43.2 Å². The van der Waals surface area contributed by atoms with Gasteiger partial charge in [0.25, 0.3) is 5.91 Å². The number of rotatable bonds is 6. The Balaban J connectivity index is 1.98. The molecule has 1 aromatic carbocycles. The lowest BCUT2D eigenvalue weighted by molar-refractivity contribution is 0.0938. The second kappa shape index (κ2) is 7.48. The summed E-state index contributed by atoms with van der Waals surface area (Å²) in [6.45, 7) is 2.13. The van der Waals surface area contributed by atoms with E-state index in [2.05, 4.69) is 12.2 Å².